The van der Waals surface area contributed by atoms with E-state index in [0.29, 0.717) is 43.9 Å². The average Bonchev–Trinajstić information content (AvgIpc) is 2.56. The van der Waals surface area contributed by atoms with E-state index < -0.39 is 5.41 Å². The van der Waals surface area contributed by atoms with Crippen molar-refractivity contribution in [3.63, 3.8) is 0 Å². The molecule has 0 N–H and O–H groups in total. The number of hydrogen-bond acceptors (Lipinski definition) is 6. The number of rotatable bonds is 12. The molecule has 0 bridgehead atoms. The minimum Gasteiger partial charge on any atom is -0.465 e. The van der Waals surface area contributed by atoms with Gasteiger partial charge in [-0.15, -0.1) is 0 Å². The number of esters is 3. The van der Waals surface area contributed by atoms with Crippen LogP contribution >= 0.6 is 0 Å². The van der Waals surface area contributed by atoms with Crippen LogP contribution in [0.1, 0.15) is 93.9 Å². The molecule has 0 spiro atoms. The van der Waals surface area contributed by atoms with Crippen LogP contribution in [0.15, 0.2) is 0 Å². The Bertz CT molecular complexity index is 389. The first kappa shape index (κ1) is 28.6. The molecule has 0 aromatic rings. The molecule has 0 heterocycles. The first-order chi connectivity index (χ1) is 12.9. The highest BCUT2D eigenvalue weighted by Gasteiger charge is 2.30. The van der Waals surface area contributed by atoms with Crippen molar-refractivity contribution in [1.29, 1.82) is 0 Å². The smallest absolute Gasteiger partial charge is 0.305 e. The van der Waals surface area contributed by atoms with Crippen LogP contribution in [-0.4, -0.2) is 37.7 Å². The largest absolute Gasteiger partial charge is 0.465 e. The monoisotopic (exact) mass is 402 g/mol. The van der Waals surface area contributed by atoms with E-state index in [4.69, 9.17) is 14.2 Å². The van der Waals surface area contributed by atoms with Gasteiger partial charge in [0.2, 0.25) is 0 Å². The Balaban J connectivity index is 0. The van der Waals surface area contributed by atoms with Crippen molar-refractivity contribution in [3.05, 3.63) is 0 Å². The van der Waals surface area contributed by atoms with Crippen molar-refractivity contribution < 1.29 is 28.6 Å². The van der Waals surface area contributed by atoms with Gasteiger partial charge >= 0.3 is 17.9 Å². The van der Waals surface area contributed by atoms with Gasteiger partial charge in [0.25, 0.3) is 0 Å². The van der Waals surface area contributed by atoms with Gasteiger partial charge in [0.1, 0.15) is 19.8 Å². The first-order valence-electron chi connectivity index (χ1n) is 10.3. The molecule has 0 aromatic carbocycles. The highest BCUT2D eigenvalue weighted by Crippen LogP contribution is 2.20. The average molecular weight is 403 g/mol. The Hall–Kier alpha value is -1.59. The second-order valence-corrected chi connectivity index (χ2v) is 9.04. The zero-order valence-electron chi connectivity index (χ0n) is 19.3. The molecule has 0 unspecified atom stereocenters. The summed E-state index contributed by atoms with van der Waals surface area (Å²) in [5.74, 6) is -0.921. The van der Waals surface area contributed by atoms with Gasteiger partial charge in [0.05, 0.1) is 5.41 Å². The lowest BCUT2D eigenvalue weighted by Crippen LogP contribution is -2.36. The zero-order chi connectivity index (χ0) is 22.2. The molecule has 0 amide bonds. The first-order valence-corrected chi connectivity index (χ1v) is 10.3. The molecule has 28 heavy (non-hydrogen) atoms. The lowest BCUT2D eigenvalue weighted by Gasteiger charge is -2.28. The standard InChI is InChI=1S/C17H30O6.C5H12/c1-5-8-14(18)21-11-17(4,12-22-15(19)9-6-2)13-23-16(20)10-7-3;1-5(2,3)4/h5-13H2,1-4H3;1-4H3. The van der Waals surface area contributed by atoms with Crippen LogP contribution in [-0.2, 0) is 28.6 Å². The Morgan fingerprint density at radius 1 is 0.571 bits per heavy atom. The zero-order valence-corrected chi connectivity index (χ0v) is 19.3. The summed E-state index contributed by atoms with van der Waals surface area (Å²) in [5.41, 5.74) is -0.240. The van der Waals surface area contributed by atoms with Crippen molar-refractivity contribution in [2.24, 2.45) is 10.8 Å². The molecule has 0 rings (SSSR count). The second-order valence-electron chi connectivity index (χ2n) is 9.04. The van der Waals surface area contributed by atoms with E-state index in [1.165, 1.54) is 0 Å². The fourth-order valence-corrected chi connectivity index (χ4v) is 1.72. The van der Waals surface area contributed by atoms with Gasteiger partial charge in [0, 0.05) is 19.3 Å². The Kier molecular flexibility index (Phi) is 15.7. The lowest BCUT2D eigenvalue weighted by atomic mass is 9.94. The minimum atomic E-state index is -0.740. The maximum Gasteiger partial charge on any atom is 0.305 e. The highest BCUT2D eigenvalue weighted by molar-refractivity contribution is 5.70. The fraction of sp³-hybridized carbons (Fsp3) is 0.864. The van der Waals surface area contributed by atoms with Crippen molar-refractivity contribution >= 4 is 17.9 Å². The third kappa shape index (κ3) is 20.7. The highest BCUT2D eigenvalue weighted by atomic mass is 16.6. The van der Waals surface area contributed by atoms with E-state index in [2.05, 4.69) is 27.7 Å². The van der Waals surface area contributed by atoms with Crippen LogP contribution in [0.2, 0.25) is 0 Å². The van der Waals surface area contributed by atoms with E-state index in [0.717, 1.165) is 0 Å². The summed E-state index contributed by atoms with van der Waals surface area (Å²) in [5, 5.41) is 0. The van der Waals surface area contributed by atoms with Gasteiger partial charge in [-0.1, -0.05) is 48.5 Å². The maximum absolute atomic E-state index is 11.5. The molecule has 0 atom stereocenters. The van der Waals surface area contributed by atoms with Gasteiger partial charge in [-0.2, -0.15) is 0 Å². The predicted octanol–water partition coefficient (Wildman–Crippen LogP) is 5.08. The molecule has 166 valence electrons. The molecule has 6 nitrogen and oxygen atoms in total. The van der Waals surface area contributed by atoms with Gasteiger partial charge in [-0.25, -0.2) is 0 Å². The summed E-state index contributed by atoms with van der Waals surface area (Å²) in [7, 11) is 0. The van der Waals surface area contributed by atoms with Crippen molar-refractivity contribution in [2.75, 3.05) is 19.8 Å². The summed E-state index contributed by atoms with van der Waals surface area (Å²) in [6, 6.07) is 0. The van der Waals surface area contributed by atoms with Crippen LogP contribution in [0.25, 0.3) is 0 Å². The third-order valence-corrected chi connectivity index (χ3v) is 3.11. The molecule has 0 aliphatic rings. The maximum atomic E-state index is 11.5. The third-order valence-electron chi connectivity index (χ3n) is 3.11. The normalized spacial score (nSPS) is 11.1. The van der Waals surface area contributed by atoms with Crippen LogP contribution < -0.4 is 0 Å². The predicted molar refractivity (Wildman–Crippen MR) is 111 cm³/mol. The molecule has 0 radical (unpaired) electrons. The van der Waals surface area contributed by atoms with Gasteiger partial charge in [0.15, 0.2) is 0 Å². The van der Waals surface area contributed by atoms with Crippen LogP contribution in [0, 0.1) is 10.8 Å². The van der Waals surface area contributed by atoms with Gasteiger partial charge < -0.3 is 14.2 Å². The summed E-state index contributed by atoms with van der Waals surface area (Å²) in [6.07, 6.45) is 3.11. The summed E-state index contributed by atoms with van der Waals surface area (Å²) < 4.78 is 15.6. The second kappa shape index (κ2) is 15.3. The molecular formula is C22H42O6. The summed E-state index contributed by atoms with van der Waals surface area (Å²) in [4.78, 5) is 34.6. The van der Waals surface area contributed by atoms with E-state index in [1.54, 1.807) is 6.92 Å². The Labute approximate surface area is 171 Å². The molecule has 0 aromatic heterocycles. The lowest BCUT2D eigenvalue weighted by molar-refractivity contribution is -0.160. The Morgan fingerprint density at radius 3 is 0.964 bits per heavy atom. The van der Waals surface area contributed by atoms with E-state index in [-0.39, 0.29) is 37.7 Å². The molecule has 0 saturated heterocycles. The van der Waals surface area contributed by atoms with Crippen LogP contribution in [0.3, 0.4) is 0 Å². The molecular weight excluding hydrogens is 360 g/mol. The number of ether oxygens (including phenoxy) is 3. The number of carbonyl (C=O) groups excluding carboxylic acids is 3. The van der Waals surface area contributed by atoms with Gasteiger partial charge in [-0.05, 0) is 31.6 Å². The van der Waals surface area contributed by atoms with Gasteiger partial charge in [-0.3, -0.25) is 14.4 Å². The van der Waals surface area contributed by atoms with Crippen LogP contribution in [0.5, 0.6) is 0 Å². The quantitative estimate of drug-likeness (QED) is 0.335. The number of carbonyl (C=O) groups is 3. The van der Waals surface area contributed by atoms with Crippen molar-refractivity contribution in [2.45, 2.75) is 93.9 Å². The SMILES string of the molecule is CC(C)(C)C.CCCC(=O)OCC(C)(COC(=O)CCC)COC(=O)CCC. The Morgan fingerprint density at radius 2 is 0.786 bits per heavy atom. The van der Waals surface area contributed by atoms with Crippen molar-refractivity contribution in [3.8, 4) is 0 Å². The topological polar surface area (TPSA) is 78.9 Å². The van der Waals surface area contributed by atoms with Crippen molar-refractivity contribution in [1.82, 2.24) is 0 Å². The fourth-order valence-electron chi connectivity index (χ4n) is 1.72. The molecule has 0 fully saturated rings. The summed E-state index contributed by atoms with van der Waals surface area (Å²) in [6.45, 7) is 16.3. The van der Waals surface area contributed by atoms with E-state index in [9.17, 15) is 14.4 Å². The van der Waals surface area contributed by atoms with Crippen LogP contribution in [0.4, 0.5) is 0 Å². The molecule has 0 saturated carbocycles. The number of hydrogen-bond donors (Lipinski definition) is 0. The minimum absolute atomic E-state index is 0.0463. The molecule has 6 heteroatoms. The molecule has 0 aliphatic carbocycles. The summed E-state index contributed by atoms with van der Waals surface area (Å²) >= 11 is 0. The molecule has 0 aliphatic heterocycles. The van der Waals surface area contributed by atoms with E-state index >= 15 is 0 Å². The van der Waals surface area contributed by atoms with E-state index in [1.807, 2.05) is 20.8 Å².